The van der Waals surface area contributed by atoms with Gasteiger partial charge in [-0.05, 0) is 48.5 Å². The molecule has 0 aliphatic carbocycles. The second-order valence-electron chi connectivity index (χ2n) is 8.59. The van der Waals surface area contributed by atoms with Crippen LogP contribution in [0.5, 0.6) is 0 Å². The zero-order valence-electron chi connectivity index (χ0n) is 21.5. The summed E-state index contributed by atoms with van der Waals surface area (Å²) in [6.45, 7) is -1.21. The third-order valence-corrected chi connectivity index (χ3v) is 5.98. The molecule has 0 saturated carbocycles. The van der Waals surface area contributed by atoms with Gasteiger partial charge in [0.2, 0.25) is 11.8 Å². The first kappa shape index (κ1) is 32.4. The lowest BCUT2D eigenvalue weighted by molar-refractivity contribution is -0.142. The molecule has 4 rings (SSSR count). The van der Waals surface area contributed by atoms with Crippen molar-refractivity contribution in [3.8, 4) is 0 Å². The van der Waals surface area contributed by atoms with Gasteiger partial charge in [-0.2, -0.15) is 0 Å². The zero-order chi connectivity index (χ0) is 30.7. The average Bonchev–Trinajstić information content (AvgIpc) is 3.53. The third kappa shape index (κ3) is 8.82. The quantitative estimate of drug-likeness (QED) is 0.188. The molecule has 220 valence electrons. The van der Waals surface area contributed by atoms with Crippen molar-refractivity contribution >= 4 is 47.1 Å². The van der Waals surface area contributed by atoms with E-state index in [1.165, 1.54) is 58.3 Å². The summed E-state index contributed by atoms with van der Waals surface area (Å²) in [5.74, 6) is -5.63. The lowest BCUT2D eigenvalue weighted by atomic mass is 10.1. The van der Waals surface area contributed by atoms with Gasteiger partial charge < -0.3 is 45.2 Å². The number of aliphatic hydroxyl groups is 3. The maximum absolute atomic E-state index is 11.7. The Bertz CT molecular complexity index is 1260. The van der Waals surface area contributed by atoms with Gasteiger partial charge in [-0.1, -0.05) is 0 Å². The van der Waals surface area contributed by atoms with E-state index in [9.17, 15) is 28.8 Å². The molecular formula is C26H28N2O13. The number of nitrogens with zero attached hydrogens (tertiary/aromatic N) is 2. The highest BCUT2D eigenvalue weighted by atomic mass is 16.6. The molecule has 2 saturated heterocycles. The molecule has 0 aromatic heterocycles. The van der Waals surface area contributed by atoms with Gasteiger partial charge in [0.05, 0.1) is 23.0 Å². The molecule has 2 fully saturated rings. The van der Waals surface area contributed by atoms with Crippen molar-refractivity contribution in [2.24, 2.45) is 11.8 Å². The molecule has 2 aliphatic heterocycles. The second-order valence-corrected chi connectivity index (χ2v) is 8.59. The fourth-order valence-corrected chi connectivity index (χ4v) is 3.95. The Hall–Kier alpha value is -4.86. The standard InChI is InChI=1S/C13H13NO6.C12H11NO5.CH4O2/c15-7-20-13(19)8-1-3-10(4-2-8)14-6-9(12(17)18)5-11(14)16;14-10-5-8(12(17)18)6-13(10)9-3-1-7(2-4-9)11(15)16;2-1-3/h1-4,9,15H,5-7H2,(H,17,18);1-4,8H,5-6H2,(H,15,16)(H,17,18);2-3H,1H2. The van der Waals surface area contributed by atoms with Crippen LogP contribution in [-0.4, -0.2) is 93.0 Å². The van der Waals surface area contributed by atoms with Crippen LogP contribution in [0.2, 0.25) is 0 Å². The minimum atomic E-state index is -1.04. The van der Waals surface area contributed by atoms with Gasteiger partial charge in [0, 0.05) is 37.3 Å². The fourth-order valence-electron chi connectivity index (χ4n) is 3.95. The molecule has 2 heterocycles. The van der Waals surface area contributed by atoms with Crippen molar-refractivity contribution in [2.75, 3.05) is 36.5 Å². The molecule has 0 radical (unpaired) electrons. The van der Waals surface area contributed by atoms with Crippen LogP contribution < -0.4 is 9.80 Å². The molecule has 2 aromatic rings. The number of carbonyl (C=O) groups is 6. The van der Waals surface area contributed by atoms with Crippen molar-refractivity contribution in [1.82, 2.24) is 0 Å². The van der Waals surface area contributed by atoms with E-state index in [2.05, 4.69) is 4.74 Å². The molecular weight excluding hydrogens is 548 g/mol. The molecule has 2 aliphatic rings. The number of amides is 2. The normalized spacial score (nSPS) is 17.6. The van der Waals surface area contributed by atoms with Gasteiger partial charge in [0.1, 0.15) is 6.79 Å². The number of esters is 1. The molecule has 2 aromatic carbocycles. The highest BCUT2D eigenvalue weighted by molar-refractivity contribution is 6.00. The van der Waals surface area contributed by atoms with Gasteiger partial charge in [-0.3, -0.25) is 19.2 Å². The topological polar surface area (TPSA) is 240 Å². The summed E-state index contributed by atoms with van der Waals surface area (Å²) in [6.07, 6.45) is -0.0420. The van der Waals surface area contributed by atoms with Crippen molar-refractivity contribution < 1.29 is 64.1 Å². The summed E-state index contributed by atoms with van der Waals surface area (Å²) in [4.78, 5) is 69.9. The number of carboxylic acid groups (broad SMARTS) is 3. The molecule has 0 spiro atoms. The summed E-state index contributed by atoms with van der Waals surface area (Å²) < 4.78 is 4.42. The molecule has 2 unspecified atom stereocenters. The number of anilines is 2. The molecule has 41 heavy (non-hydrogen) atoms. The van der Waals surface area contributed by atoms with Crippen LogP contribution in [0, 0.1) is 11.8 Å². The first-order chi connectivity index (χ1) is 19.4. The number of hydrogen-bond donors (Lipinski definition) is 6. The van der Waals surface area contributed by atoms with E-state index < -0.39 is 49.3 Å². The van der Waals surface area contributed by atoms with Gasteiger partial charge in [-0.15, -0.1) is 0 Å². The molecule has 2 amide bonds. The van der Waals surface area contributed by atoms with Crippen molar-refractivity contribution in [2.45, 2.75) is 12.8 Å². The first-order valence-electron chi connectivity index (χ1n) is 11.9. The number of rotatable bonds is 7. The van der Waals surface area contributed by atoms with E-state index in [1.807, 2.05) is 0 Å². The highest BCUT2D eigenvalue weighted by Crippen LogP contribution is 2.26. The number of aliphatic hydroxyl groups excluding tert-OH is 2. The SMILES string of the molecule is O=C(O)c1ccc(N2CC(C(=O)O)CC2=O)cc1.O=C(OCO)c1ccc(N2CC(C(=O)O)CC2=O)cc1.OCO. The van der Waals surface area contributed by atoms with Crippen LogP contribution >= 0.6 is 0 Å². The number of carbonyl (C=O) groups excluding carboxylic acids is 3. The number of aliphatic carboxylic acids is 2. The van der Waals surface area contributed by atoms with Crippen LogP contribution in [0.15, 0.2) is 48.5 Å². The van der Waals surface area contributed by atoms with Gasteiger partial charge in [0.25, 0.3) is 0 Å². The maximum Gasteiger partial charge on any atom is 0.340 e. The van der Waals surface area contributed by atoms with E-state index in [0.29, 0.717) is 11.4 Å². The van der Waals surface area contributed by atoms with Gasteiger partial charge in [0.15, 0.2) is 6.79 Å². The molecule has 2 atom stereocenters. The van der Waals surface area contributed by atoms with Gasteiger partial charge >= 0.3 is 23.9 Å². The number of hydrogen-bond acceptors (Lipinski definition) is 10. The Morgan fingerprint density at radius 1 is 0.683 bits per heavy atom. The Morgan fingerprint density at radius 3 is 1.34 bits per heavy atom. The predicted molar refractivity (Wildman–Crippen MR) is 138 cm³/mol. The smallest absolute Gasteiger partial charge is 0.340 e. The maximum atomic E-state index is 11.7. The van der Waals surface area contributed by atoms with Crippen LogP contribution in [0.1, 0.15) is 33.6 Å². The lowest BCUT2D eigenvalue weighted by Crippen LogP contribution is -2.25. The number of benzene rings is 2. The Kier molecular flexibility index (Phi) is 11.9. The first-order valence-corrected chi connectivity index (χ1v) is 11.9. The summed E-state index contributed by atoms with van der Waals surface area (Å²) in [5.41, 5.74) is 1.41. The molecule has 0 bridgehead atoms. The Balaban J connectivity index is 0.000000263. The van der Waals surface area contributed by atoms with Crippen LogP contribution in [0.4, 0.5) is 11.4 Å². The largest absolute Gasteiger partial charge is 0.481 e. The summed E-state index contributed by atoms with van der Waals surface area (Å²) in [6, 6.07) is 11.8. The molecule has 6 N–H and O–H groups in total. The summed E-state index contributed by atoms with van der Waals surface area (Å²) >= 11 is 0. The average molecular weight is 577 g/mol. The predicted octanol–water partition coefficient (Wildman–Crippen LogP) is -0.0185. The Morgan fingerprint density at radius 2 is 1.05 bits per heavy atom. The molecule has 15 heteroatoms. The van der Waals surface area contributed by atoms with Crippen LogP contribution in [0.3, 0.4) is 0 Å². The number of carboxylic acids is 3. The van der Waals surface area contributed by atoms with Crippen molar-refractivity contribution in [3.05, 3.63) is 59.7 Å². The van der Waals surface area contributed by atoms with E-state index in [4.69, 9.17) is 30.6 Å². The summed E-state index contributed by atoms with van der Waals surface area (Å²) in [5, 5.41) is 49.3. The van der Waals surface area contributed by atoms with E-state index >= 15 is 0 Å². The third-order valence-electron chi connectivity index (χ3n) is 5.98. The zero-order valence-corrected chi connectivity index (χ0v) is 21.5. The van der Waals surface area contributed by atoms with Crippen LogP contribution in [-0.2, 0) is 23.9 Å². The molecule has 15 nitrogen and oxygen atoms in total. The second kappa shape index (κ2) is 15.1. The van der Waals surface area contributed by atoms with Crippen LogP contribution in [0.25, 0.3) is 0 Å². The minimum Gasteiger partial charge on any atom is -0.481 e. The van der Waals surface area contributed by atoms with Crippen molar-refractivity contribution in [1.29, 1.82) is 0 Å². The number of aromatic carboxylic acids is 1. The summed E-state index contributed by atoms with van der Waals surface area (Å²) in [7, 11) is 0. The van der Waals surface area contributed by atoms with Gasteiger partial charge in [-0.25, -0.2) is 9.59 Å². The Labute approximate surface area is 232 Å². The monoisotopic (exact) mass is 576 g/mol. The minimum absolute atomic E-state index is 0.0178. The lowest BCUT2D eigenvalue weighted by Gasteiger charge is -2.16. The van der Waals surface area contributed by atoms with E-state index in [-0.39, 0.29) is 48.9 Å². The highest BCUT2D eigenvalue weighted by Gasteiger charge is 2.36. The van der Waals surface area contributed by atoms with E-state index in [0.717, 1.165) is 0 Å². The van der Waals surface area contributed by atoms with Crippen molar-refractivity contribution in [3.63, 3.8) is 0 Å². The number of ether oxygens (including phenoxy) is 1. The fraction of sp³-hybridized carbons (Fsp3) is 0.308. The van der Waals surface area contributed by atoms with E-state index in [1.54, 1.807) is 0 Å².